The molecule has 8 nitrogen and oxygen atoms in total. The number of unbranched alkanes of at least 4 members (excludes halogenated alkanes) is 5. The van der Waals surface area contributed by atoms with Gasteiger partial charge in [0.1, 0.15) is 5.75 Å². The Morgan fingerprint density at radius 3 is 2.22 bits per heavy atom. The van der Waals surface area contributed by atoms with Gasteiger partial charge in [0.15, 0.2) is 11.9 Å². The van der Waals surface area contributed by atoms with Gasteiger partial charge in [-0.2, -0.15) is 0 Å². The highest BCUT2D eigenvalue weighted by Gasteiger charge is 2.38. The highest BCUT2D eigenvalue weighted by atomic mass is 16.8. The molecule has 0 bridgehead atoms. The molecule has 196 valence electrons. The van der Waals surface area contributed by atoms with E-state index in [-0.39, 0.29) is 6.61 Å². The van der Waals surface area contributed by atoms with Crippen LogP contribution in [0.3, 0.4) is 0 Å². The van der Waals surface area contributed by atoms with Crippen molar-refractivity contribution in [1.29, 1.82) is 0 Å². The van der Waals surface area contributed by atoms with Crippen LogP contribution in [0.4, 0.5) is 0 Å². The second-order valence-electron chi connectivity index (χ2n) is 9.57. The lowest BCUT2D eigenvalue weighted by Crippen LogP contribution is -2.30. The number of pyridine rings is 1. The van der Waals surface area contributed by atoms with E-state index in [4.69, 9.17) is 18.9 Å². The number of esters is 1. The van der Waals surface area contributed by atoms with E-state index in [2.05, 4.69) is 22.1 Å². The molecule has 1 atom stereocenters. The Labute approximate surface area is 218 Å². The number of rotatable bonds is 12. The van der Waals surface area contributed by atoms with Gasteiger partial charge in [0.05, 0.1) is 24.6 Å². The van der Waals surface area contributed by atoms with Crippen LogP contribution in [0.5, 0.6) is 11.6 Å². The minimum atomic E-state index is -0.780. The van der Waals surface area contributed by atoms with Gasteiger partial charge < -0.3 is 18.9 Å². The van der Waals surface area contributed by atoms with Gasteiger partial charge in [0.25, 0.3) is 0 Å². The summed E-state index contributed by atoms with van der Waals surface area (Å²) in [6, 6.07) is 14.7. The third-order valence-corrected chi connectivity index (χ3v) is 6.08. The van der Waals surface area contributed by atoms with E-state index < -0.39 is 17.9 Å². The van der Waals surface area contributed by atoms with E-state index in [1.807, 2.05) is 36.4 Å². The van der Waals surface area contributed by atoms with Gasteiger partial charge in [-0.15, -0.1) is 10.2 Å². The van der Waals surface area contributed by atoms with Crippen molar-refractivity contribution in [3.8, 4) is 34.1 Å². The average Bonchev–Trinajstić information content (AvgIpc) is 3.29. The third-order valence-electron chi connectivity index (χ3n) is 6.08. The molecule has 1 aromatic carbocycles. The zero-order valence-electron chi connectivity index (χ0n) is 21.8. The van der Waals surface area contributed by atoms with Crippen molar-refractivity contribution in [3.05, 3.63) is 54.7 Å². The normalized spacial score (nSPS) is 16.5. The standard InChI is InChI=1S/C29H35N3O5/c1-4-5-6-7-8-9-18-34-27-17-12-22(19-30-27)25-16-15-24(31-32-25)21-10-13-23(14-11-21)36-28(33)26-20-35-29(2,3)37-26/h10-17,19,26H,4-9,18,20H2,1-3H3. The Hall–Kier alpha value is -3.36. The maximum Gasteiger partial charge on any atom is 0.343 e. The number of ether oxygens (including phenoxy) is 4. The molecule has 0 spiro atoms. The first-order valence-electron chi connectivity index (χ1n) is 13.0. The first-order valence-corrected chi connectivity index (χ1v) is 13.0. The second kappa shape index (κ2) is 12.7. The van der Waals surface area contributed by atoms with E-state index in [1.165, 1.54) is 32.1 Å². The highest BCUT2D eigenvalue weighted by Crippen LogP contribution is 2.26. The molecule has 0 amide bonds. The van der Waals surface area contributed by atoms with Crippen LogP contribution in [0, 0.1) is 0 Å². The zero-order valence-corrected chi connectivity index (χ0v) is 21.8. The van der Waals surface area contributed by atoms with Crippen LogP contribution in [0.25, 0.3) is 22.5 Å². The molecule has 1 saturated heterocycles. The fourth-order valence-electron chi connectivity index (χ4n) is 4.00. The van der Waals surface area contributed by atoms with Crippen LogP contribution in [0.2, 0.25) is 0 Å². The summed E-state index contributed by atoms with van der Waals surface area (Å²) in [5.74, 6) is -0.206. The number of nitrogens with zero attached hydrogens (tertiary/aromatic N) is 3. The van der Waals surface area contributed by atoms with Crippen molar-refractivity contribution in [2.75, 3.05) is 13.2 Å². The van der Waals surface area contributed by atoms with Gasteiger partial charge in [-0.3, -0.25) is 0 Å². The van der Waals surface area contributed by atoms with E-state index >= 15 is 0 Å². The molecule has 1 aliphatic heterocycles. The lowest BCUT2D eigenvalue weighted by Gasteiger charge is -2.16. The van der Waals surface area contributed by atoms with E-state index in [1.54, 1.807) is 32.2 Å². The molecule has 0 N–H and O–H groups in total. The average molecular weight is 506 g/mol. The monoisotopic (exact) mass is 505 g/mol. The summed E-state index contributed by atoms with van der Waals surface area (Å²) in [4.78, 5) is 16.7. The quantitative estimate of drug-likeness (QED) is 0.168. The van der Waals surface area contributed by atoms with Crippen molar-refractivity contribution in [3.63, 3.8) is 0 Å². The molecule has 1 unspecified atom stereocenters. The van der Waals surface area contributed by atoms with Gasteiger partial charge in [0, 0.05) is 23.4 Å². The molecule has 8 heteroatoms. The Morgan fingerprint density at radius 1 is 0.919 bits per heavy atom. The molecule has 1 fully saturated rings. The summed E-state index contributed by atoms with van der Waals surface area (Å²) >= 11 is 0. The first kappa shape index (κ1) is 26.7. The number of benzene rings is 1. The van der Waals surface area contributed by atoms with Crippen molar-refractivity contribution in [1.82, 2.24) is 15.2 Å². The van der Waals surface area contributed by atoms with Gasteiger partial charge in [-0.1, -0.05) is 39.0 Å². The van der Waals surface area contributed by atoms with E-state index in [0.29, 0.717) is 23.9 Å². The number of carbonyl (C=O) groups excluding carboxylic acids is 1. The van der Waals surface area contributed by atoms with Crippen LogP contribution in [0.15, 0.2) is 54.7 Å². The van der Waals surface area contributed by atoms with Crippen LogP contribution in [-0.4, -0.2) is 46.3 Å². The second-order valence-corrected chi connectivity index (χ2v) is 9.57. The summed E-state index contributed by atoms with van der Waals surface area (Å²) in [7, 11) is 0. The van der Waals surface area contributed by atoms with Crippen molar-refractivity contribution >= 4 is 5.97 Å². The lowest BCUT2D eigenvalue weighted by molar-refractivity contribution is -0.162. The van der Waals surface area contributed by atoms with Gasteiger partial charge in [-0.25, -0.2) is 9.78 Å². The van der Waals surface area contributed by atoms with Crippen molar-refractivity contribution in [2.45, 2.75) is 71.2 Å². The molecule has 0 radical (unpaired) electrons. The van der Waals surface area contributed by atoms with E-state index in [9.17, 15) is 4.79 Å². The molecule has 3 heterocycles. The summed E-state index contributed by atoms with van der Waals surface area (Å²) in [6.45, 7) is 6.62. The predicted molar refractivity (Wildman–Crippen MR) is 140 cm³/mol. The summed E-state index contributed by atoms with van der Waals surface area (Å²) in [6.07, 6.45) is 8.40. The Balaban J connectivity index is 1.27. The van der Waals surface area contributed by atoms with E-state index in [0.717, 1.165) is 23.2 Å². The van der Waals surface area contributed by atoms with Crippen LogP contribution < -0.4 is 9.47 Å². The first-order chi connectivity index (χ1) is 17.9. The van der Waals surface area contributed by atoms with Gasteiger partial charge >= 0.3 is 5.97 Å². The summed E-state index contributed by atoms with van der Waals surface area (Å²) < 4.78 is 22.1. The molecule has 2 aromatic heterocycles. The molecule has 4 rings (SSSR count). The number of hydrogen-bond acceptors (Lipinski definition) is 8. The van der Waals surface area contributed by atoms with Crippen LogP contribution >= 0.6 is 0 Å². The molecule has 37 heavy (non-hydrogen) atoms. The minimum Gasteiger partial charge on any atom is -0.478 e. The maximum absolute atomic E-state index is 12.3. The molecule has 0 aliphatic carbocycles. The fourth-order valence-corrected chi connectivity index (χ4v) is 4.00. The fraction of sp³-hybridized carbons (Fsp3) is 0.448. The zero-order chi connectivity index (χ0) is 26.1. The Morgan fingerprint density at radius 2 is 1.59 bits per heavy atom. The Kier molecular flexibility index (Phi) is 9.19. The minimum absolute atomic E-state index is 0.177. The topological polar surface area (TPSA) is 92.7 Å². The van der Waals surface area contributed by atoms with Crippen LogP contribution in [0.1, 0.15) is 59.3 Å². The summed E-state index contributed by atoms with van der Waals surface area (Å²) in [5.41, 5.74) is 3.17. The largest absolute Gasteiger partial charge is 0.478 e. The molecular formula is C29H35N3O5. The predicted octanol–water partition coefficient (Wildman–Crippen LogP) is 6.00. The number of carbonyl (C=O) groups is 1. The lowest BCUT2D eigenvalue weighted by atomic mass is 10.1. The van der Waals surface area contributed by atoms with Crippen LogP contribution in [-0.2, 0) is 14.3 Å². The molecular weight excluding hydrogens is 470 g/mol. The highest BCUT2D eigenvalue weighted by molar-refractivity contribution is 5.78. The molecule has 1 aliphatic rings. The smallest absolute Gasteiger partial charge is 0.343 e. The molecule has 0 saturated carbocycles. The number of hydrogen-bond donors (Lipinski definition) is 0. The van der Waals surface area contributed by atoms with Gasteiger partial charge in [0.2, 0.25) is 5.88 Å². The SMILES string of the molecule is CCCCCCCCOc1ccc(-c2ccc(-c3ccc(OC(=O)C4COC(C)(C)O4)cc3)nn2)cn1. The summed E-state index contributed by atoms with van der Waals surface area (Å²) in [5, 5.41) is 8.71. The van der Waals surface area contributed by atoms with Crippen molar-refractivity contribution in [2.24, 2.45) is 0 Å². The maximum atomic E-state index is 12.3. The van der Waals surface area contributed by atoms with Crippen molar-refractivity contribution < 1.29 is 23.7 Å². The van der Waals surface area contributed by atoms with Gasteiger partial charge in [-0.05, 0) is 62.7 Å². The number of aromatic nitrogens is 3. The third kappa shape index (κ3) is 7.81. The molecule has 3 aromatic rings. The Bertz CT molecular complexity index is 1130.